The summed E-state index contributed by atoms with van der Waals surface area (Å²) in [6, 6.07) is 14.5. The van der Waals surface area contributed by atoms with E-state index in [1.807, 2.05) is 24.5 Å². The van der Waals surface area contributed by atoms with Crippen LogP contribution in [0.15, 0.2) is 67.3 Å². The normalized spacial score (nSPS) is 10.4. The van der Waals surface area contributed by atoms with Crippen molar-refractivity contribution in [3.63, 3.8) is 0 Å². The van der Waals surface area contributed by atoms with Gasteiger partial charge in [-0.15, -0.1) is 0 Å². The van der Waals surface area contributed by atoms with Crippen molar-refractivity contribution in [2.24, 2.45) is 0 Å². The Kier molecular flexibility index (Phi) is 3.55. The maximum atomic E-state index is 4.21. The molecule has 3 rings (SSSR count). The molecule has 92 valence electrons. The van der Waals surface area contributed by atoms with E-state index in [4.69, 9.17) is 0 Å². The largest absolute Gasteiger partial charge is 0.264 e. The van der Waals surface area contributed by atoms with Gasteiger partial charge in [0.1, 0.15) is 0 Å². The average Bonchev–Trinajstić information content (AvgIpc) is 2.49. The minimum Gasteiger partial charge on any atom is -0.264 e. The van der Waals surface area contributed by atoms with Crippen molar-refractivity contribution in [3.05, 3.63) is 70.8 Å². The first-order chi connectivity index (χ1) is 9.34. The lowest BCUT2D eigenvalue weighted by atomic mass is 9.97. The highest BCUT2D eigenvalue weighted by Crippen LogP contribution is 2.32. The number of rotatable bonds is 2. The molecule has 0 aliphatic rings. The molecule has 0 fully saturated rings. The summed E-state index contributed by atoms with van der Waals surface area (Å²) in [5.74, 6) is 0. The molecule has 0 aliphatic heterocycles. The van der Waals surface area contributed by atoms with E-state index in [2.05, 4.69) is 62.9 Å². The Morgan fingerprint density at radius 2 is 1.37 bits per heavy atom. The van der Waals surface area contributed by atoms with Gasteiger partial charge in [-0.05, 0) is 58.0 Å². The van der Waals surface area contributed by atoms with Crippen LogP contribution in [0.4, 0.5) is 0 Å². The third-order valence-electron chi connectivity index (χ3n) is 2.93. The molecule has 0 atom stereocenters. The van der Waals surface area contributed by atoms with Gasteiger partial charge in [0.15, 0.2) is 0 Å². The SMILES string of the molecule is Ic1ccc(-c2cccnc2)c(-c2cccnc2)c1. The van der Waals surface area contributed by atoms with Gasteiger partial charge in [-0.3, -0.25) is 9.97 Å². The van der Waals surface area contributed by atoms with E-state index < -0.39 is 0 Å². The highest BCUT2D eigenvalue weighted by Gasteiger charge is 2.08. The second-order valence-electron chi connectivity index (χ2n) is 4.17. The highest BCUT2D eigenvalue weighted by molar-refractivity contribution is 14.1. The second-order valence-corrected chi connectivity index (χ2v) is 5.42. The quantitative estimate of drug-likeness (QED) is 0.634. The van der Waals surface area contributed by atoms with Crippen LogP contribution < -0.4 is 0 Å². The van der Waals surface area contributed by atoms with Crippen molar-refractivity contribution in [2.45, 2.75) is 0 Å². The summed E-state index contributed by atoms with van der Waals surface area (Å²) in [6.45, 7) is 0. The molecule has 0 N–H and O–H groups in total. The van der Waals surface area contributed by atoms with Gasteiger partial charge in [-0.2, -0.15) is 0 Å². The Morgan fingerprint density at radius 1 is 0.737 bits per heavy atom. The molecule has 0 unspecified atom stereocenters. The van der Waals surface area contributed by atoms with E-state index in [1.54, 1.807) is 12.4 Å². The summed E-state index contributed by atoms with van der Waals surface area (Å²) in [5.41, 5.74) is 4.62. The van der Waals surface area contributed by atoms with Gasteiger partial charge in [-0.1, -0.05) is 18.2 Å². The van der Waals surface area contributed by atoms with E-state index >= 15 is 0 Å². The molecular weight excluding hydrogens is 347 g/mol. The lowest BCUT2D eigenvalue weighted by Crippen LogP contribution is -1.87. The van der Waals surface area contributed by atoms with Crippen molar-refractivity contribution >= 4 is 22.6 Å². The van der Waals surface area contributed by atoms with Gasteiger partial charge < -0.3 is 0 Å². The first kappa shape index (κ1) is 12.3. The molecule has 0 amide bonds. The zero-order chi connectivity index (χ0) is 13.1. The van der Waals surface area contributed by atoms with E-state index in [0.29, 0.717) is 0 Å². The predicted molar refractivity (Wildman–Crippen MR) is 85.6 cm³/mol. The van der Waals surface area contributed by atoms with E-state index in [0.717, 1.165) is 11.1 Å². The zero-order valence-electron chi connectivity index (χ0n) is 10.1. The van der Waals surface area contributed by atoms with E-state index in [9.17, 15) is 0 Å². The van der Waals surface area contributed by atoms with Gasteiger partial charge >= 0.3 is 0 Å². The first-order valence-corrected chi connectivity index (χ1v) is 7.03. The van der Waals surface area contributed by atoms with Crippen molar-refractivity contribution in [1.29, 1.82) is 0 Å². The monoisotopic (exact) mass is 358 g/mol. The number of aromatic nitrogens is 2. The summed E-state index contributed by atoms with van der Waals surface area (Å²) in [4.78, 5) is 8.41. The number of hydrogen-bond acceptors (Lipinski definition) is 2. The highest BCUT2D eigenvalue weighted by atomic mass is 127. The average molecular weight is 358 g/mol. The fourth-order valence-corrected chi connectivity index (χ4v) is 2.54. The van der Waals surface area contributed by atoms with Crippen LogP contribution in [0.5, 0.6) is 0 Å². The molecule has 2 heterocycles. The van der Waals surface area contributed by atoms with Crippen LogP contribution in [-0.2, 0) is 0 Å². The number of hydrogen-bond donors (Lipinski definition) is 0. The summed E-state index contributed by atoms with van der Waals surface area (Å²) < 4.78 is 1.21. The Bertz CT molecular complexity index is 682. The lowest BCUT2D eigenvalue weighted by Gasteiger charge is -2.10. The minimum absolute atomic E-state index is 1.12. The van der Waals surface area contributed by atoms with E-state index in [-0.39, 0.29) is 0 Å². The number of benzene rings is 1. The third-order valence-corrected chi connectivity index (χ3v) is 3.60. The van der Waals surface area contributed by atoms with Crippen LogP contribution in [-0.4, -0.2) is 9.97 Å². The lowest BCUT2D eigenvalue weighted by molar-refractivity contribution is 1.32. The summed E-state index contributed by atoms with van der Waals surface area (Å²) in [6.07, 6.45) is 7.37. The van der Waals surface area contributed by atoms with Gasteiger partial charge in [0, 0.05) is 39.5 Å². The summed E-state index contributed by atoms with van der Waals surface area (Å²) in [5, 5.41) is 0. The molecule has 0 bridgehead atoms. The van der Waals surface area contributed by atoms with Crippen molar-refractivity contribution < 1.29 is 0 Å². The predicted octanol–water partition coefficient (Wildman–Crippen LogP) is 4.42. The fraction of sp³-hybridized carbons (Fsp3) is 0. The maximum Gasteiger partial charge on any atom is 0.0346 e. The molecule has 3 heteroatoms. The van der Waals surface area contributed by atoms with Crippen molar-refractivity contribution in [1.82, 2.24) is 9.97 Å². The van der Waals surface area contributed by atoms with Crippen LogP contribution in [0.1, 0.15) is 0 Å². The molecule has 2 aromatic heterocycles. The Labute approximate surface area is 125 Å². The maximum absolute atomic E-state index is 4.21. The Morgan fingerprint density at radius 3 is 1.95 bits per heavy atom. The van der Waals surface area contributed by atoms with Gasteiger partial charge in [-0.25, -0.2) is 0 Å². The van der Waals surface area contributed by atoms with Crippen LogP contribution in [0.2, 0.25) is 0 Å². The molecule has 19 heavy (non-hydrogen) atoms. The van der Waals surface area contributed by atoms with Crippen LogP contribution >= 0.6 is 22.6 Å². The van der Waals surface area contributed by atoms with Gasteiger partial charge in [0.2, 0.25) is 0 Å². The standard InChI is InChI=1S/C16H11IN2/c17-14-5-6-15(12-3-1-7-18-10-12)16(9-14)13-4-2-8-19-11-13/h1-11H. The van der Waals surface area contributed by atoms with E-state index in [1.165, 1.54) is 14.7 Å². The Hall–Kier alpha value is -1.75. The minimum atomic E-state index is 1.12. The second kappa shape index (κ2) is 5.48. The third kappa shape index (κ3) is 2.66. The number of halogens is 1. The van der Waals surface area contributed by atoms with Gasteiger partial charge in [0.25, 0.3) is 0 Å². The van der Waals surface area contributed by atoms with Crippen LogP contribution in [0.3, 0.4) is 0 Å². The molecule has 3 aromatic rings. The van der Waals surface area contributed by atoms with Crippen molar-refractivity contribution in [3.8, 4) is 22.3 Å². The molecule has 1 aromatic carbocycles. The Balaban J connectivity index is 2.21. The molecule has 0 radical (unpaired) electrons. The molecule has 0 spiro atoms. The molecule has 0 saturated heterocycles. The van der Waals surface area contributed by atoms with Crippen LogP contribution in [0.25, 0.3) is 22.3 Å². The topological polar surface area (TPSA) is 25.8 Å². The summed E-state index contributed by atoms with van der Waals surface area (Å²) >= 11 is 2.33. The summed E-state index contributed by atoms with van der Waals surface area (Å²) in [7, 11) is 0. The number of pyridine rings is 2. The molecule has 0 saturated carbocycles. The van der Waals surface area contributed by atoms with Crippen LogP contribution in [0, 0.1) is 3.57 Å². The smallest absolute Gasteiger partial charge is 0.0346 e. The molecule has 2 nitrogen and oxygen atoms in total. The zero-order valence-corrected chi connectivity index (χ0v) is 12.3. The molecule has 0 aliphatic carbocycles. The van der Waals surface area contributed by atoms with Gasteiger partial charge in [0.05, 0.1) is 0 Å². The molecular formula is C16H11IN2. The number of nitrogens with zero attached hydrogens (tertiary/aromatic N) is 2. The van der Waals surface area contributed by atoms with Crippen molar-refractivity contribution in [2.75, 3.05) is 0 Å². The fourth-order valence-electron chi connectivity index (χ4n) is 2.05. The first-order valence-electron chi connectivity index (χ1n) is 5.95.